The fraction of sp³-hybridized carbons (Fsp3) is 0.308. The van der Waals surface area contributed by atoms with Gasteiger partial charge in [0.15, 0.2) is 0 Å². The second-order valence-corrected chi connectivity index (χ2v) is 4.76. The van der Waals surface area contributed by atoms with Gasteiger partial charge in [-0.05, 0) is 19.1 Å². The van der Waals surface area contributed by atoms with Crippen LogP contribution in [0, 0.1) is 0 Å². The number of hydrogen-bond acceptors (Lipinski definition) is 3. The third-order valence-corrected chi connectivity index (χ3v) is 3.57. The van der Waals surface area contributed by atoms with Gasteiger partial charge in [0.2, 0.25) is 5.91 Å². The van der Waals surface area contributed by atoms with Crippen molar-refractivity contribution in [2.45, 2.75) is 13.0 Å². The Morgan fingerprint density at radius 1 is 1.37 bits per heavy atom. The monoisotopic (exact) mass is 279 g/mol. The van der Waals surface area contributed by atoms with E-state index in [1.165, 1.54) is 9.80 Å². The first-order chi connectivity index (χ1) is 8.93. The van der Waals surface area contributed by atoms with E-state index in [4.69, 9.17) is 11.6 Å². The maximum atomic E-state index is 12.2. The Labute approximate surface area is 116 Å². The average Bonchev–Trinajstić information content (AvgIpc) is 2.41. The molecule has 0 aromatic carbocycles. The molecule has 0 saturated carbocycles. The van der Waals surface area contributed by atoms with Gasteiger partial charge in [0, 0.05) is 25.9 Å². The smallest absolute Gasteiger partial charge is 0.270 e. The Kier molecular flexibility index (Phi) is 3.57. The number of hydrogen-bond donors (Lipinski definition) is 0. The minimum Gasteiger partial charge on any atom is -0.329 e. The van der Waals surface area contributed by atoms with E-state index in [0.29, 0.717) is 16.4 Å². The van der Waals surface area contributed by atoms with Gasteiger partial charge >= 0.3 is 0 Å². The lowest BCUT2D eigenvalue weighted by molar-refractivity contribution is -0.147. The first kappa shape index (κ1) is 13.5. The van der Waals surface area contributed by atoms with Crippen molar-refractivity contribution in [1.29, 1.82) is 0 Å². The van der Waals surface area contributed by atoms with Crippen LogP contribution in [0.2, 0.25) is 5.15 Å². The first-order valence-corrected chi connectivity index (χ1v) is 6.18. The molecular weight excluding hydrogens is 266 g/mol. The molecule has 1 saturated heterocycles. The highest BCUT2D eigenvalue weighted by Crippen LogP contribution is 2.22. The average molecular weight is 280 g/mol. The van der Waals surface area contributed by atoms with Crippen LogP contribution in [0.5, 0.6) is 0 Å². The molecule has 0 spiro atoms. The molecular formula is C13H14ClN3O2. The standard InChI is InChI=1S/C13H14ClN3O2/c1-8-12(18)17(3)10(13(19)16(8)2)7-9-5-4-6-15-11(9)14/h4-8H,1-3H3/b10-7-. The maximum absolute atomic E-state index is 12.2. The second kappa shape index (κ2) is 5.01. The molecule has 0 radical (unpaired) electrons. The van der Waals surface area contributed by atoms with E-state index >= 15 is 0 Å². The minimum absolute atomic E-state index is 0.131. The van der Waals surface area contributed by atoms with Gasteiger partial charge in [-0.15, -0.1) is 0 Å². The molecule has 0 aliphatic carbocycles. The van der Waals surface area contributed by atoms with Gasteiger partial charge in [-0.1, -0.05) is 17.7 Å². The topological polar surface area (TPSA) is 53.5 Å². The molecule has 2 rings (SSSR count). The lowest BCUT2D eigenvalue weighted by Crippen LogP contribution is -2.54. The Morgan fingerprint density at radius 2 is 2.05 bits per heavy atom. The van der Waals surface area contributed by atoms with Crippen molar-refractivity contribution in [1.82, 2.24) is 14.8 Å². The van der Waals surface area contributed by atoms with E-state index < -0.39 is 6.04 Å². The summed E-state index contributed by atoms with van der Waals surface area (Å²) in [6.45, 7) is 1.70. The third-order valence-electron chi connectivity index (χ3n) is 3.25. The fourth-order valence-electron chi connectivity index (χ4n) is 1.88. The van der Waals surface area contributed by atoms with Crippen molar-refractivity contribution in [3.05, 3.63) is 34.7 Å². The SMILES string of the molecule is CC1C(=O)N(C)/C(=C\c2cccnc2Cl)C(=O)N1C. The van der Waals surface area contributed by atoms with Crippen LogP contribution in [0.3, 0.4) is 0 Å². The van der Waals surface area contributed by atoms with Crippen LogP contribution in [0.15, 0.2) is 24.0 Å². The van der Waals surface area contributed by atoms with Gasteiger partial charge in [-0.2, -0.15) is 0 Å². The lowest BCUT2D eigenvalue weighted by Gasteiger charge is -2.36. The third kappa shape index (κ3) is 2.33. The molecule has 2 amide bonds. The summed E-state index contributed by atoms with van der Waals surface area (Å²) in [4.78, 5) is 30.9. The minimum atomic E-state index is -0.459. The molecule has 1 fully saturated rings. The lowest BCUT2D eigenvalue weighted by atomic mass is 10.1. The molecule has 19 heavy (non-hydrogen) atoms. The summed E-state index contributed by atoms with van der Waals surface area (Å²) in [5.41, 5.74) is 0.899. The van der Waals surface area contributed by atoms with E-state index in [-0.39, 0.29) is 11.8 Å². The van der Waals surface area contributed by atoms with Crippen LogP contribution in [-0.2, 0) is 9.59 Å². The van der Waals surface area contributed by atoms with E-state index in [1.807, 2.05) is 0 Å². The van der Waals surface area contributed by atoms with Gasteiger partial charge in [-0.3, -0.25) is 9.59 Å². The Bertz CT molecular complexity index is 571. The van der Waals surface area contributed by atoms with E-state index in [9.17, 15) is 9.59 Å². The molecule has 5 nitrogen and oxygen atoms in total. The molecule has 0 bridgehead atoms. The number of halogens is 1. The Balaban J connectivity index is 2.46. The normalized spacial score (nSPS) is 22.3. The van der Waals surface area contributed by atoms with Crippen molar-refractivity contribution in [2.24, 2.45) is 0 Å². The summed E-state index contributed by atoms with van der Waals surface area (Å²) in [5.74, 6) is -0.345. The van der Waals surface area contributed by atoms with E-state index in [0.717, 1.165) is 0 Å². The van der Waals surface area contributed by atoms with Crippen molar-refractivity contribution in [3.8, 4) is 0 Å². The largest absolute Gasteiger partial charge is 0.329 e. The quantitative estimate of drug-likeness (QED) is 0.577. The summed E-state index contributed by atoms with van der Waals surface area (Å²) in [6, 6.07) is 3.00. The number of aromatic nitrogens is 1. The highest BCUT2D eigenvalue weighted by molar-refractivity contribution is 6.31. The molecule has 6 heteroatoms. The molecule has 1 aliphatic heterocycles. The summed E-state index contributed by atoms with van der Waals surface area (Å²) in [6.07, 6.45) is 3.15. The van der Waals surface area contributed by atoms with Crippen LogP contribution in [0.4, 0.5) is 0 Å². The van der Waals surface area contributed by atoms with Gasteiger partial charge in [0.1, 0.15) is 16.9 Å². The van der Waals surface area contributed by atoms with Crippen molar-refractivity contribution in [2.75, 3.05) is 14.1 Å². The number of amides is 2. The molecule has 1 atom stereocenters. The zero-order valence-corrected chi connectivity index (χ0v) is 11.7. The Morgan fingerprint density at radius 3 is 2.68 bits per heavy atom. The summed E-state index contributed by atoms with van der Waals surface area (Å²) < 4.78 is 0. The first-order valence-electron chi connectivity index (χ1n) is 5.80. The summed E-state index contributed by atoms with van der Waals surface area (Å²) >= 11 is 5.96. The van der Waals surface area contributed by atoms with Crippen molar-refractivity contribution < 1.29 is 9.59 Å². The number of rotatable bonds is 1. The number of carbonyl (C=O) groups excluding carboxylic acids is 2. The zero-order chi connectivity index (χ0) is 14.2. The van der Waals surface area contributed by atoms with Gasteiger partial charge in [0.25, 0.3) is 5.91 Å². The number of nitrogens with zero attached hydrogens (tertiary/aromatic N) is 3. The molecule has 1 unspecified atom stereocenters. The van der Waals surface area contributed by atoms with Crippen LogP contribution < -0.4 is 0 Å². The summed E-state index contributed by atoms with van der Waals surface area (Å²) in [5, 5.41) is 0.296. The molecule has 1 aromatic rings. The highest BCUT2D eigenvalue weighted by atomic mass is 35.5. The van der Waals surface area contributed by atoms with E-state index in [2.05, 4.69) is 4.98 Å². The second-order valence-electron chi connectivity index (χ2n) is 4.40. The Hall–Kier alpha value is -1.88. The van der Waals surface area contributed by atoms with Gasteiger partial charge < -0.3 is 9.80 Å². The highest BCUT2D eigenvalue weighted by Gasteiger charge is 2.36. The van der Waals surface area contributed by atoms with Gasteiger partial charge in [0.05, 0.1) is 0 Å². The van der Waals surface area contributed by atoms with Crippen LogP contribution in [-0.4, -0.2) is 46.7 Å². The van der Waals surface area contributed by atoms with Crippen molar-refractivity contribution in [3.63, 3.8) is 0 Å². The van der Waals surface area contributed by atoms with E-state index in [1.54, 1.807) is 45.4 Å². The summed E-state index contributed by atoms with van der Waals surface area (Å²) in [7, 11) is 3.19. The molecule has 1 aromatic heterocycles. The number of likely N-dealkylation sites (N-methyl/N-ethyl adjacent to an activating group) is 2. The molecule has 0 N–H and O–H groups in total. The molecule has 1 aliphatic rings. The molecule has 2 heterocycles. The van der Waals surface area contributed by atoms with Crippen LogP contribution in [0.25, 0.3) is 6.08 Å². The number of pyridine rings is 1. The van der Waals surface area contributed by atoms with Crippen molar-refractivity contribution >= 4 is 29.5 Å². The fourth-order valence-corrected chi connectivity index (χ4v) is 2.05. The van der Waals surface area contributed by atoms with Crippen LogP contribution in [0.1, 0.15) is 12.5 Å². The predicted molar refractivity (Wildman–Crippen MR) is 72.2 cm³/mol. The predicted octanol–water partition coefficient (Wildman–Crippen LogP) is 1.39. The van der Waals surface area contributed by atoms with Gasteiger partial charge in [-0.25, -0.2) is 4.98 Å². The zero-order valence-electron chi connectivity index (χ0n) is 10.9. The van der Waals surface area contributed by atoms with Crippen LogP contribution >= 0.6 is 11.6 Å². The number of carbonyl (C=O) groups is 2. The maximum Gasteiger partial charge on any atom is 0.270 e. The molecule has 100 valence electrons. The number of piperazine rings is 1.